The topological polar surface area (TPSA) is 67.1 Å². The van der Waals surface area contributed by atoms with Gasteiger partial charge in [-0.2, -0.15) is 4.98 Å². The van der Waals surface area contributed by atoms with E-state index in [2.05, 4.69) is 20.2 Å². The number of fused-ring (bicyclic) bond motifs is 1. The van der Waals surface area contributed by atoms with Gasteiger partial charge in [0.1, 0.15) is 5.82 Å². The molecule has 1 saturated heterocycles. The zero-order valence-corrected chi connectivity index (χ0v) is 9.37. The fraction of sp³-hybridized carbons (Fsp3) is 0.636. The number of nitrogens with one attached hydrogen (secondary N) is 1. The molecular formula is C11H17N5. The summed E-state index contributed by atoms with van der Waals surface area (Å²) in [5.74, 6) is 1.50. The summed E-state index contributed by atoms with van der Waals surface area (Å²) in [6, 6.07) is 0. The largest absolute Gasteiger partial charge is 0.383 e. The van der Waals surface area contributed by atoms with Crippen LogP contribution in [-0.4, -0.2) is 36.1 Å². The van der Waals surface area contributed by atoms with Crippen LogP contribution in [0.25, 0.3) is 0 Å². The van der Waals surface area contributed by atoms with Crippen LogP contribution in [0.1, 0.15) is 17.7 Å². The highest BCUT2D eigenvalue weighted by atomic mass is 15.3. The van der Waals surface area contributed by atoms with Gasteiger partial charge in [0.25, 0.3) is 0 Å². The molecule has 3 heterocycles. The maximum absolute atomic E-state index is 6.02. The average Bonchev–Trinajstić information content (AvgIpc) is 2.40. The van der Waals surface area contributed by atoms with Crippen LogP contribution in [0.15, 0.2) is 0 Å². The van der Waals surface area contributed by atoms with E-state index in [-0.39, 0.29) is 0 Å². The zero-order chi connectivity index (χ0) is 11.0. The van der Waals surface area contributed by atoms with Crippen LogP contribution in [0.4, 0.5) is 11.8 Å². The van der Waals surface area contributed by atoms with E-state index in [4.69, 9.17) is 5.73 Å². The van der Waals surface area contributed by atoms with Crippen molar-refractivity contribution < 1.29 is 0 Å². The molecule has 0 atom stereocenters. The highest BCUT2D eigenvalue weighted by Crippen LogP contribution is 2.23. The van der Waals surface area contributed by atoms with Crippen molar-refractivity contribution in [2.75, 3.05) is 36.8 Å². The molecule has 1 fully saturated rings. The first-order valence-electron chi connectivity index (χ1n) is 5.95. The molecule has 5 heteroatoms. The molecule has 2 aliphatic rings. The van der Waals surface area contributed by atoms with E-state index in [1.165, 1.54) is 6.42 Å². The van der Waals surface area contributed by atoms with Gasteiger partial charge in [-0.25, -0.2) is 4.98 Å². The molecule has 86 valence electrons. The lowest BCUT2D eigenvalue weighted by atomic mass is 10.1. The number of nitrogens with zero attached hydrogens (tertiary/aromatic N) is 3. The molecular weight excluding hydrogens is 202 g/mol. The summed E-state index contributed by atoms with van der Waals surface area (Å²) in [6.45, 7) is 4.10. The zero-order valence-electron chi connectivity index (χ0n) is 9.37. The molecule has 0 aromatic carbocycles. The van der Waals surface area contributed by atoms with Crippen LogP contribution in [0.5, 0.6) is 0 Å². The Morgan fingerprint density at radius 1 is 1.12 bits per heavy atom. The second kappa shape index (κ2) is 3.90. The molecule has 16 heavy (non-hydrogen) atoms. The van der Waals surface area contributed by atoms with E-state index in [0.717, 1.165) is 56.2 Å². The molecule has 0 radical (unpaired) electrons. The van der Waals surface area contributed by atoms with Gasteiger partial charge < -0.3 is 16.0 Å². The first-order chi connectivity index (χ1) is 7.84. The minimum atomic E-state index is 0.676. The van der Waals surface area contributed by atoms with Crippen LogP contribution >= 0.6 is 0 Å². The molecule has 1 aromatic heterocycles. The Morgan fingerprint density at radius 2 is 1.94 bits per heavy atom. The normalized spacial score (nSPS) is 19.9. The number of anilines is 2. The summed E-state index contributed by atoms with van der Waals surface area (Å²) in [7, 11) is 0. The third kappa shape index (κ3) is 1.61. The predicted molar refractivity (Wildman–Crippen MR) is 63.6 cm³/mol. The van der Waals surface area contributed by atoms with Crippen molar-refractivity contribution >= 4 is 11.8 Å². The lowest BCUT2D eigenvalue weighted by Gasteiger charge is -2.31. The standard InChI is InChI=1S/C11H17N5/c12-10-8-2-4-13-5-3-9(8)14-11(15-10)16-6-1-7-16/h13H,1-7H2,(H2,12,14,15). The molecule has 0 spiro atoms. The number of aromatic nitrogens is 2. The molecule has 0 saturated carbocycles. The van der Waals surface area contributed by atoms with E-state index in [9.17, 15) is 0 Å². The quantitative estimate of drug-likeness (QED) is 0.693. The average molecular weight is 219 g/mol. The third-order valence-electron chi connectivity index (χ3n) is 3.34. The Labute approximate surface area is 95.1 Å². The van der Waals surface area contributed by atoms with E-state index in [1.54, 1.807) is 0 Å². The van der Waals surface area contributed by atoms with E-state index < -0.39 is 0 Å². The van der Waals surface area contributed by atoms with Crippen LogP contribution < -0.4 is 16.0 Å². The molecule has 1 aromatic rings. The second-order valence-corrected chi connectivity index (χ2v) is 4.42. The predicted octanol–water partition coefficient (Wildman–Crippen LogP) is -0.0429. The molecule has 2 aliphatic heterocycles. The molecule has 0 unspecified atom stereocenters. The number of rotatable bonds is 1. The Balaban J connectivity index is 1.98. The minimum Gasteiger partial charge on any atom is -0.383 e. The lowest BCUT2D eigenvalue weighted by molar-refractivity contribution is 0.598. The van der Waals surface area contributed by atoms with Crippen molar-refractivity contribution in [1.29, 1.82) is 0 Å². The summed E-state index contributed by atoms with van der Waals surface area (Å²) < 4.78 is 0. The molecule has 5 nitrogen and oxygen atoms in total. The number of nitrogen functional groups attached to an aromatic ring is 1. The Kier molecular flexibility index (Phi) is 2.40. The summed E-state index contributed by atoms with van der Waals surface area (Å²) in [4.78, 5) is 11.3. The van der Waals surface area contributed by atoms with Crippen molar-refractivity contribution in [2.24, 2.45) is 0 Å². The van der Waals surface area contributed by atoms with Crippen LogP contribution in [0.3, 0.4) is 0 Å². The number of hydrogen-bond acceptors (Lipinski definition) is 5. The van der Waals surface area contributed by atoms with Gasteiger partial charge in [-0.15, -0.1) is 0 Å². The van der Waals surface area contributed by atoms with Crippen LogP contribution in [-0.2, 0) is 12.8 Å². The molecule has 0 bridgehead atoms. The number of nitrogens with two attached hydrogens (primary N) is 1. The van der Waals surface area contributed by atoms with Crippen LogP contribution in [0.2, 0.25) is 0 Å². The lowest BCUT2D eigenvalue weighted by Crippen LogP contribution is -2.38. The Bertz CT molecular complexity index is 400. The van der Waals surface area contributed by atoms with Crippen LogP contribution in [0, 0.1) is 0 Å². The van der Waals surface area contributed by atoms with Crippen molar-refractivity contribution in [3.8, 4) is 0 Å². The van der Waals surface area contributed by atoms with Gasteiger partial charge in [0.05, 0.1) is 5.69 Å². The summed E-state index contributed by atoms with van der Waals surface area (Å²) in [6.07, 6.45) is 3.15. The molecule has 3 N–H and O–H groups in total. The summed E-state index contributed by atoms with van der Waals surface area (Å²) in [5.41, 5.74) is 8.31. The van der Waals surface area contributed by atoms with Gasteiger partial charge in [-0.1, -0.05) is 0 Å². The van der Waals surface area contributed by atoms with Crippen molar-refractivity contribution in [3.63, 3.8) is 0 Å². The highest BCUT2D eigenvalue weighted by molar-refractivity contribution is 5.49. The Morgan fingerprint density at radius 3 is 2.69 bits per heavy atom. The smallest absolute Gasteiger partial charge is 0.227 e. The van der Waals surface area contributed by atoms with Gasteiger partial charge in [0, 0.05) is 31.6 Å². The maximum atomic E-state index is 6.02. The maximum Gasteiger partial charge on any atom is 0.227 e. The van der Waals surface area contributed by atoms with Gasteiger partial charge in [0.15, 0.2) is 0 Å². The van der Waals surface area contributed by atoms with Gasteiger partial charge in [-0.3, -0.25) is 0 Å². The van der Waals surface area contributed by atoms with Gasteiger partial charge in [0.2, 0.25) is 5.95 Å². The van der Waals surface area contributed by atoms with Crippen molar-refractivity contribution in [1.82, 2.24) is 15.3 Å². The SMILES string of the molecule is Nc1nc(N2CCC2)nc2c1CCNCC2. The first-order valence-corrected chi connectivity index (χ1v) is 5.95. The first kappa shape index (κ1) is 9.84. The van der Waals surface area contributed by atoms with E-state index in [0.29, 0.717) is 5.82 Å². The fourth-order valence-electron chi connectivity index (χ4n) is 2.22. The Hall–Kier alpha value is -1.36. The summed E-state index contributed by atoms with van der Waals surface area (Å²) >= 11 is 0. The van der Waals surface area contributed by atoms with Crippen molar-refractivity contribution in [2.45, 2.75) is 19.3 Å². The van der Waals surface area contributed by atoms with Gasteiger partial charge in [-0.05, 0) is 19.4 Å². The molecule has 0 amide bonds. The minimum absolute atomic E-state index is 0.676. The van der Waals surface area contributed by atoms with Gasteiger partial charge >= 0.3 is 0 Å². The van der Waals surface area contributed by atoms with Crippen molar-refractivity contribution in [3.05, 3.63) is 11.3 Å². The molecule has 0 aliphatic carbocycles. The highest BCUT2D eigenvalue weighted by Gasteiger charge is 2.21. The molecule has 3 rings (SSSR count). The summed E-state index contributed by atoms with van der Waals surface area (Å²) in [5, 5.41) is 3.36. The van der Waals surface area contributed by atoms with E-state index >= 15 is 0 Å². The van der Waals surface area contributed by atoms with E-state index in [1.807, 2.05) is 0 Å². The fourth-order valence-corrected chi connectivity index (χ4v) is 2.22. The number of hydrogen-bond donors (Lipinski definition) is 2. The third-order valence-corrected chi connectivity index (χ3v) is 3.34. The monoisotopic (exact) mass is 219 g/mol. The second-order valence-electron chi connectivity index (χ2n) is 4.42.